The minimum Gasteiger partial charge on any atom is -0.361 e. The second-order valence-corrected chi connectivity index (χ2v) is 6.22. The largest absolute Gasteiger partial charge is 0.361 e. The Hall–Kier alpha value is -1.59. The highest BCUT2D eigenvalue weighted by Crippen LogP contribution is 2.22. The number of rotatable bonds is 2. The van der Waals surface area contributed by atoms with E-state index in [1.165, 1.54) is 0 Å². The van der Waals surface area contributed by atoms with Crippen LogP contribution in [0.3, 0.4) is 0 Å². The number of aromatic amines is 1. The van der Waals surface area contributed by atoms with Crippen molar-refractivity contribution >= 4 is 54.4 Å². The van der Waals surface area contributed by atoms with E-state index in [1.54, 1.807) is 12.1 Å². The summed E-state index contributed by atoms with van der Waals surface area (Å²) in [5.74, 6) is -0.137. The van der Waals surface area contributed by atoms with E-state index in [0.717, 1.165) is 25.5 Å². The third-order valence-corrected chi connectivity index (χ3v) is 3.85. The standard InChI is InChI=1S/C15H10Br2N2O/c16-11-5-10(6-12(17)8-11)15(20)19-13-1-2-14-9(7-13)3-4-18-14/h1-8,18H,(H,19,20). The SMILES string of the molecule is O=C(Nc1ccc2[nH]ccc2c1)c1cc(Br)cc(Br)c1. The van der Waals surface area contributed by atoms with Crippen molar-refractivity contribution in [2.24, 2.45) is 0 Å². The third-order valence-electron chi connectivity index (χ3n) is 2.94. The third kappa shape index (κ3) is 2.78. The molecule has 100 valence electrons. The fourth-order valence-electron chi connectivity index (χ4n) is 2.02. The van der Waals surface area contributed by atoms with Gasteiger partial charge >= 0.3 is 0 Å². The first-order valence-corrected chi connectivity index (χ1v) is 7.55. The summed E-state index contributed by atoms with van der Waals surface area (Å²) in [4.78, 5) is 15.4. The average molecular weight is 394 g/mol. The molecular weight excluding hydrogens is 384 g/mol. The molecule has 0 saturated carbocycles. The van der Waals surface area contributed by atoms with Gasteiger partial charge in [-0.15, -0.1) is 0 Å². The molecule has 0 unspecified atom stereocenters. The van der Waals surface area contributed by atoms with Gasteiger partial charge in [-0.2, -0.15) is 0 Å². The van der Waals surface area contributed by atoms with Gasteiger partial charge in [0.2, 0.25) is 0 Å². The molecule has 1 amide bonds. The molecule has 0 fully saturated rings. The summed E-state index contributed by atoms with van der Waals surface area (Å²) in [6.45, 7) is 0. The lowest BCUT2D eigenvalue weighted by Crippen LogP contribution is -2.11. The van der Waals surface area contributed by atoms with Crippen LogP contribution in [0.1, 0.15) is 10.4 Å². The summed E-state index contributed by atoms with van der Waals surface area (Å²) >= 11 is 6.76. The fourth-order valence-corrected chi connectivity index (χ4v) is 3.31. The maximum Gasteiger partial charge on any atom is 0.255 e. The Kier molecular flexibility index (Phi) is 3.63. The van der Waals surface area contributed by atoms with Gasteiger partial charge in [0.1, 0.15) is 0 Å². The first-order valence-electron chi connectivity index (χ1n) is 5.96. The number of anilines is 1. The molecule has 3 nitrogen and oxygen atoms in total. The zero-order valence-corrected chi connectivity index (χ0v) is 13.5. The molecule has 0 saturated heterocycles. The van der Waals surface area contributed by atoms with Gasteiger partial charge in [-0.05, 0) is 42.5 Å². The van der Waals surface area contributed by atoms with E-state index in [2.05, 4.69) is 42.2 Å². The molecule has 2 N–H and O–H groups in total. The lowest BCUT2D eigenvalue weighted by molar-refractivity contribution is 0.102. The predicted octanol–water partition coefficient (Wildman–Crippen LogP) is 4.95. The molecule has 0 aliphatic carbocycles. The van der Waals surface area contributed by atoms with Crippen molar-refractivity contribution in [3.8, 4) is 0 Å². The number of carbonyl (C=O) groups excluding carboxylic acids is 1. The molecule has 0 aliphatic rings. The smallest absolute Gasteiger partial charge is 0.255 e. The molecule has 5 heteroatoms. The lowest BCUT2D eigenvalue weighted by Gasteiger charge is -2.06. The number of hydrogen-bond donors (Lipinski definition) is 2. The maximum atomic E-state index is 12.2. The highest BCUT2D eigenvalue weighted by molar-refractivity contribution is 9.11. The molecule has 1 heterocycles. The first-order chi connectivity index (χ1) is 9.61. The highest BCUT2D eigenvalue weighted by Gasteiger charge is 2.08. The topological polar surface area (TPSA) is 44.9 Å². The van der Waals surface area contributed by atoms with E-state index in [0.29, 0.717) is 5.56 Å². The Morgan fingerprint density at radius 3 is 2.50 bits per heavy atom. The molecule has 0 spiro atoms. The lowest BCUT2D eigenvalue weighted by atomic mass is 10.2. The van der Waals surface area contributed by atoms with Crippen molar-refractivity contribution in [1.29, 1.82) is 0 Å². The molecule has 0 atom stereocenters. The fraction of sp³-hybridized carbons (Fsp3) is 0. The van der Waals surface area contributed by atoms with E-state index in [1.807, 2.05) is 36.5 Å². The molecule has 2 aromatic carbocycles. The Bertz CT molecular complexity index is 775. The molecule has 0 aliphatic heterocycles. The summed E-state index contributed by atoms with van der Waals surface area (Å²) in [6.07, 6.45) is 1.88. The van der Waals surface area contributed by atoms with E-state index in [9.17, 15) is 4.79 Å². The number of halogens is 2. The Balaban J connectivity index is 1.87. The summed E-state index contributed by atoms with van der Waals surface area (Å²) in [7, 11) is 0. The van der Waals surface area contributed by atoms with Crippen LogP contribution >= 0.6 is 31.9 Å². The van der Waals surface area contributed by atoms with Gasteiger partial charge in [-0.25, -0.2) is 0 Å². The number of benzene rings is 2. The second-order valence-electron chi connectivity index (χ2n) is 4.39. The van der Waals surface area contributed by atoms with Crippen molar-refractivity contribution in [2.45, 2.75) is 0 Å². The van der Waals surface area contributed by atoms with E-state index >= 15 is 0 Å². The van der Waals surface area contributed by atoms with Gasteiger partial charge in [0.25, 0.3) is 5.91 Å². The van der Waals surface area contributed by atoms with Crippen LogP contribution in [0.5, 0.6) is 0 Å². The monoisotopic (exact) mass is 392 g/mol. The molecule has 3 rings (SSSR count). The predicted molar refractivity (Wildman–Crippen MR) is 88.1 cm³/mol. The second kappa shape index (κ2) is 5.42. The number of aromatic nitrogens is 1. The number of nitrogens with one attached hydrogen (secondary N) is 2. The minimum absolute atomic E-state index is 0.137. The summed E-state index contributed by atoms with van der Waals surface area (Å²) in [6, 6.07) is 13.2. The van der Waals surface area contributed by atoms with Gasteiger partial charge in [0.05, 0.1) is 0 Å². The summed E-state index contributed by atoms with van der Waals surface area (Å²) < 4.78 is 1.72. The molecule has 3 aromatic rings. The average Bonchev–Trinajstić information content (AvgIpc) is 2.85. The molecule has 0 bridgehead atoms. The van der Waals surface area contributed by atoms with Gasteiger partial charge < -0.3 is 10.3 Å². The number of H-pyrrole nitrogens is 1. The molecular formula is C15H10Br2N2O. The van der Waals surface area contributed by atoms with Crippen LogP contribution in [0.4, 0.5) is 5.69 Å². The molecule has 0 radical (unpaired) electrons. The molecule has 20 heavy (non-hydrogen) atoms. The van der Waals surface area contributed by atoms with E-state index in [4.69, 9.17) is 0 Å². The summed E-state index contributed by atoms with van der Waals surface area (Å²) in [5.41, 5.74) is 2.42. The zero-order valence-electron chi connectivity index (χ0n) is 10.3. The van der Waals surface area contributed by atoms with Crippen LogP contribution in [0, 0.1) is 0 Å². The first kappa shape index (κ1) is 13.4. The van der Waals surface area contributed by atoms with Gasteiger partial charge in [0, 0.05) is 37.3 Å². The van der Waals surface area contributed by atoms with Crippen LogP contribution < -0.4 is 5.32 Å². The van der Waals surface area contributed by atoms with Crippen molar-refractivity contribution < 1.29 is 4.79 Å². The van der Waals surface area contributed by atoms with Gasteiger partial charge in [-0.3, -0.25) is 4.79 Å². The van der Waals surface area contributed by atoms with Crippen LogP contribution in [-0.4, -0.2) is 10.9 Å². The van der Waals surface area contributed by atoms with Crippen molar-refractivity contribution in [3.05, 3.63) is 63.2 Å². The highest BCUT2D eigenvalue weighted by atomic mass is 79.9. The van der Waals surface area contributed by atoms with Gasteiger partial charge in [-0.1, -0.05) is 31.9 Å². The number of amides is 1. The van der Waals surface area contributed by atoms with Gasteiger partial charge in [0.15, 0.2) is 0 Å². The van der Waals surface area contributed by atoms with Crippen molar-refractivity contribution in [1.82, 2.24) is 4.98 Å². The van der Waals surface area contributed by atoms with Crippen molar-refractivity contribution in [3.63, 3.8) is 0 Å². The van der Waals surface area contributed by atoms with Crippen molar-refractivity contribution in [2.75, 3.05) is 5.32 Å². The zero-order chi connectivity index (χ0) is 14.1. The van der Waals surface area contributed by atoms with Crippen LogP contribution in [-0.2, 0) is 0 Å². The Morgan fingerprint density at radius 1 is 1.00 bits per heavy atom. The molecule has 1 aromatic heterocycles. The van der Waals surface area contributed by atoms with E-state index in [-0.39, 0.29) is 5.91 Å². The van der Waals surface area contributed by atoms with Crippen LogP contribution in [0.2, 0.25) is 0 Å². The van der Waals surface area contributed by atoms with Crippen LogP contribution in [0.25, 0.3) is 10.9 Å². The van der Waals surface area contributed by atoms with Crippen LogP contribution in [0.15, 0.2) is 57.6 Å². The normalized spacial score (nSPS) is 10.7. The maximum absolute atomic E-state index is 12.2. The Labute approximate surface area is 132 Å². The minimum atomic E-state index is -0.137. The number of hydrogen-bond acceptors (Lipinski definition) is 1. The number of fused-ring (bicyclic) bond motifs is 1. The number of carbonyl (C=O) groups is 1. The summed E-state index contributed by atoms with van der Waals surface area (Å²) in [5, 5.41) is 3.97. The Morgan fingerprint density at radius 2 is 1.75 bits per heavy atom. The quantitative estimate of drug-likeness (QED) is 0.635. The van der Waals surface area contributed by atoms with E-state index < -0.39 is 0 Å².